The van der Waals surface area contributed by atoms with Crippen LogP contribution in [0.3, 0.4) is 0 Å². The molecule has 4 rings (SSSR count). The summed E-state index contributed by atoms with van der Waals surface area (Å²) in [4.78, 5) is 13.1. The van der Waals surface area contributed by atoms with Gasteiger partial charge in [0.1, 0.15) is 18.0 Å². The molecular formula is C29H28Cl2N4O5S. The van der Waals surface area contributed by atoms with Gasteiger partial charge in [0, 0.05) is 23.0 Å². The SMILES string of the molecule is COc1ccc(N(CC(=O)N/N=C\c2cc(C)n(-c3cccc(Cl)c3Cl)c2C)S(=O)(=O)c2ccccc2)c(OC)c1. The highest BCUT2D eigenvalue weighted by molar-refractivity contribution is 7.92. The summed E-state index contributed by atoms with van der Waals surface area (Å²) in [5, 5.41) is 4.94. The topological polar surface area (TPSA) is 102 Å². The molecule has 0 unspecified atom stereocenters. The number of hydrogen-bond acceptors (Lipinski definition) is 6. The maximum atomic E-state index is 13.7. The quantitative estimate of drug-likeness (QED) is 0.181. The van der Waals surface area contributed by atoms with Crippen molar-refractivity contribution in [2.24, 2.45) is 5.10 Å². The fourth-order valence-electron chi connectivity index (χ4n) is 4.30. The van der Waals surface area contributed by atoms with E-state index in [1.54, 1.807) is 36.4 Å². The van der Waals surface area contributed by atoms with Crippen LogP contribution in [0.5, 0.6) is 11.5 Å². The van der Waals surface area contributed by atoms with Gasteiger partial charge in [-0.05, 0) is 56.3 Å². The van der Waals surface area contributed by atoms with Gasteiger partial charge in [0.15, 0.2) is 0 Å². The van der Waals surface area contributed by atoms with Crippen LogP contribution in [0.15, 0.2) is 82.8 Å². The number of amides is 1. The largest absolute Gasteiger partial charge is 0.497 e. The molecule has 1 amide bonds. The summed E-state index contributed by atoms with van der Waals surface area (Å²) in [6.07, 6.45) is 1.49. The van der Waals surface area contributed by atoms with E-state index in [9.17, 15) is 13.2 Å². The summed E-state index contributed by atoms with van der Waals surface area (Å²) in [7, 11) is -1.26. The molecule has 0 atom stereocenters. The second kappa shape index (κ2) is 12.7. The van der Waals surface area contributed by atoms with Crippen molar-refractivity contribution >= 4 is 51.0 Å². The number of sulfonamides is 1. The van der Waals surface area contributed by atoms with Crippen molar-refractivity contribution in [3.63, 3.8) is 0 Å². The fraction of sp³-hybridized carbons (Fsp3) is 0.172. The van der Waals surface area contributed by atoms with E-state index in [1.165, 1.54) is 38.6 Å². The molecule has 0 aliphatic heterocycles. The van der Waals surface area contributed by atoms with Gasteiger partial charge >= 0.3 is 0 Å². The van der Waals surface area contributed by atoms with E-state index >= 15 is 0 Å². The number of carbonyl (C=O) groups excluding carboxylic acids is 1. The number of hydrazone groups is 1. The average molecular weight is 616 g/mol. The molecule has 12 heteroatoms. The Labute approximate surface area is 249 Å². The first-order valence-electron chi connectivity index (χ1n) is 12.3. The van der Waals surface area contributed by atoms with Gasteiger partial charge < -0.3 is 14.0 Å². The first-order valence-corrected chi connectivity index (χ1v) is 14.5. The molecule has 1 N–H and O–H groups in total. The smallest absolute Gasteiger partial charge is 0.264 e. The van der Waals surface area contributed by atoms with Crippen molar-refractivity contribution in [2.75, 3.05) is 25.1 Å². The van der Waals surface area contributed by atoms with Crippen LogP contribution < -0.4 is 19.2 Å². The Bertz CT molecular complexity index is 1710. The molecular weight excluding hydrogens is 587 g/mol. The Balaban J connectivity index is 1.61. The molecule has 0 saturated carbocycles. The molecule has 0 saturated heterocycles. The number of nitrogens with one attached hydrogen (secondary N) is 1. The Hall–Kier alpha value is -3.99. The number of anilines is 1. The van der Waals surface area contributed by atoms with Gasteiger partial charge in [-0.15, -0.1) is 0 Å². The lowest BCUT2D eigenvalue weighted by atomic mass is 10.2. The summed E-state index contributed by atoms with van der Waals surface area (Å²) in [5.74, 6) is 0.0194. The number of carbonyl (C=O) groups is 1. The Morgan fingerprint density at radius 3 is 2.41 bits per heavy atom. The van der Waals surface area contributed by atoms with Crippen LogP contribution in [-0.2, 0) is 14.8 Å². The molecule has 41 heavy (non-hydrogen) atoms. The van der Waals surface area contributed by atoms with Crippen molar-refractivity contribution in [3.8, 4) is 17.2 Å². The lowest BCUT2D eigenvalue weighted by Gasteiger charge is -2.25. The second-order valence-corrected chi connectivity index (χ2v) is 11.5. The maximum Gasteiger partial charge on any atom is 0.264 e. The summed E-state index contributed by atoms with van der Waals surface area (Å²) >= 11 is 12.6. The number of nitrogens with zero attached hydrogens (tertiary/aromatic N) is 3. The number of aryl methyl sites for hydroxylation is 1. The van der Waals surface area contributed by atoms with Gasteiger partial charge in [-0.25, -0.2) is 13.8 Å². The number of halogens is 2. The standard InChI is InChI=1S/C29H28Cl2N4O5S/c1-19-15-21(20(2)35(19)26-12-8-11-24(30)29(26)31)17-32-33-28(36)18-34(41(37,38)23-9-6-5-7-10-23)25-14-13-22(39-3)16-27(25)40-4/h5-17H,18H2,1-4H3,(H,33,36)/b32-17-. The van der Waals surface area contributed by atoms with E-state index in [-0.39, 0.29) is 16.3 Å². The van der Waals surface area contributed by atoms with Gasteiger partial charge in [0.25, 0.3) is 15.9 Å². The summed E-state index contributed by atoms with van der Waals surface area (Å²) < 4.78 is 40.9. The van der Waals surface area contributed by atoms with E-state index in [4.69, 9.17) is 32.7 Å². The van der Waals surface area contributed by atoms with E-state index in [0.29, 0.717) is 21.5 Å². The lowest BCUT2D eigenvalue weighted by Crippen LogP contribution is -2.39. The highest BCUT2D eigenvalue weighted by Gasteiger charge is 2.29. The van der Waals surface area contributed by atoms with Crippen molar-refractivity contribution in [3.05, 3.63) is 99.8 Å². The van der Waals surface area contributed by atoms with Crippen LogP contribution in [-0.4, -0.2) is 45.9 Å². The zero-order valence-corrected chi connectivity index (χ0v) is 25.1. The van der Waals surface area contributed by atoms with Gasteiger partial charge in [0.05, 0.1) is 46.7 Å². The first kappa shape index (κ1) is 30.0. The molecule has 1 aromatic heterocycles. The summed E-state index contributed by atoms with van der Waals surface area (Å²) in [6.45, 7) is 3.24. The van der Waals surface area contributed by atoms with Crippen LogP contribution in [0.4, 0.5) is 5.69 Å². The molecule has 1 heterocycles. The molecule has 0 bridgehead atoms. The van der Waals surface area contributed by atoms with Crippen LogP contribution >= 0.6 is 23.2 Å². The fourth-order valence-corrected chi connectivity index (χ4v) is 6.14. The zero-order valence-electron chi connectivity index (χ0n) is 22.8. The third-order valence-electron chi connectivity index (χ3n) is 6.31. The van der Waals surface area contributed by atoms with Crippen molar-refractivity contribution in [1.29, 1.82) is 0 Å². The number of rotatable bonds is 10. The molecule has 0 aliphatic rings. The highest BCUT2D eigenvalue weighted by Crippen LogP contribution is 2.35. The van der Waals surface area contributed by atoms with Crippen LogP contribution in [0, 0.1) is 13.8 Å². The number of ether oxygens (including phenoxy) is 2. The van der Waals surface area contributed by atoms with Crippen molar-refractivity contribution in [2.45, 2.75) is 18.7 Å². The molecule has 0 spiro atoms. The summed E-state index contributed by atoms with van der Waals surface area (Å²) in [6, 6.07) is 19.7. The van der Waals surface area contributed by atoms with Crippen molar-refractivity contribution < 1.29 is 22.7 Å². The number of hydrogen-bond donors (Lipinski definition) is 1. The third-order valence-corrected chi connectivity index (χ3v) is 8.89. The Kier molecular flexibility index (Phi) is 9.27. The van der Waals surface area contributed by atoms with Gasteiger partial charge in [0.2, 0.25) is 0 Å². The minimum atomic E-state index is -4.15. The molecule has 3 aromatic carbocycles. The molecule has 0 radical (unpaired) electrons. The molecule has 0 aliphatic carbocycles. The summed E-state index contributed by atoms with van der Waals surface area (Å²) in [5.41, 5.74) is 5.74. The highest BCUT2D eigenvalue weighted by atomic mass is 35.5. The van der Waals surface area contributed by atoms with E-state index in [2.05, 4.69) is 10.5 Å². The third kappa shape index (κ3) is 6.35. The normalized spacial score (nSPS) is 11.5. The lowest BCUT2D eigenvalue weighted by molar-refractivity contribution is -0.119. The number of methoxy groups -OCH3 is 2. The average Bonchev–Trinajstić information content (AvgIpc) is 3.25. The van der Waals surface area contributed by atoms with Crippen molar-refractivity contribution in [1.82, 2.24) is 9.99 Å². The minimum absolute atomic E-state index is 0.0151. The first-order chi connectivity index (χ1) is 19.6. The van der Waals surface area contributed by atoms with E-state index in [0.717, 1.165) is 21.3 Å². The minimum Gasteiger partial charge on any atom is -0.497 e. The number of benzene rings is 3. The van der Waals surface area contributed by atoms with Gasteiger partial charge in [-0.3, -0.25) is 9.10 Å². The maximum absolute atomic E-state index is 13.7. The number of aromatic nitrogens is 1. The van der Waals surface area contributed by atoms with Crippen LogP contribution in [0.1, 0.15) is 17.0 Å². The predicted molar refractivity (Wildman–Crippen MR) is 162 cm³/mol. The molecule has 214 valence electrons. The molecule has 0 fully saturated rings. The van der Waals surface area contributed by atoms with Gasteiger partial charge in [-0.1, -0.05) is 47.5 Å². The predicted octanol–water partition coefficient (Wildman–Crippen LogP) is 5.76. The van der Waals surface area contributed by atoms with Gasteiger partial charge in [-0.2, -0.15) is 5.10 Å². The Morgan fingerprint density at radius 2 is 1.73 bits per heavy atom. The second-order valence-electron chi connectivity index (χ2n) is 8.89. The zero-order chi connectivity index (χ0) is 29.7. The monoisotopic (exact) mass is 614 g/mol. The van der Waals surface area contributed by atoms with Crippen LogP contribution in [0.25, 0.3) is 5.69 Å². The van der Waals surface area contributed by atoms with E-state index < -0.39 is 22.5 Å². The molecule has 4 aromatic rings. The molecule has 9 nitrogen and oxygen atoms in total. The van der Waals surface area contributed by atoms with Crippen LogP contribution in [0.2, 0.25) is 10.0 Å². The Morgan fingerprint density at radius 1 is 1.00 bits per heavy atom. The van der Waals surface area contributed by atoms with E-state index in [1.807, 2.05) is 36.6 Å².